The average Bonchev–Trinajstić information content (AvgIpc) is 2.27. The van der Waals surface area contributed by atoms with Crippen LogP contribution in [0.15, 0.2) is 18.3 Å². The van der Waals surface area contributed by atoms with E-state index in [4.69, 9.17) is 4.74 Å². The highest BCUT2D eigenvalue weighted by molar-refractivity contribution is 5.20. The molecule has 1 N–H and O–H groups in total. The van der Waals surface area contributed by atoms with Crippen molar-refractivity contribution in [2.24, 2.45) is 11.8 Å². The van der Waals surface area contributed by atoms with Gasteiger partial charge >= 0.3 is 0 Å². The molecule has 0 spiro atoms. The van der Waals surface area contributed by atoms with E-state index in [-0.39, 0.29) is 0 Å². The van der Waals surface area contributed by atoms with Crippen molar-refractivity contribution in [3.8, 4) is 5.88 Å². The largest absolute Gasteiger partial charge is 0.481 e. The number of rotatable bonds is 5. The van der Waals surface area contributed by atoms with Crippen LogP contribution in [0.4, 0.5) is 0 Å². The quantitative estimate of drug-likeness (QED) is 0.850. The van der Waals surface area contributed by atoms with E-state index >= 15 is 0 Å². The van der Waals surface area contributed by atoms with E-state index in [9.17, 15) is 0 Å². The van der Waals surface area contributed by atoms with Crippen molar-refractivity contribution < 1.29 is 4.74 Å². The molecule has 0 aromatic carbocycles. The molecule has 0 saturated heterocycles. The van der Waals surface area contributed by atoms with Gasteiger partial charge in [0.05, 0.1) is 7.11 Å². The molecule has 17 heavy (non-hydrogen) atoms. The fourth-order valence-electron chi connectivity index (χ4n) is 2.31. The first-order valence-corrected chi connectivity index (χ1v) is 6.41. The lowest BCUT2D eigenvalue weighted by atomic mass is 9.73. The Hall–Kier alpha value is -1.09. The Bertz CT molecular complexity index is 359. The lowest BCUT2D eigenvalue weighted by Gasteiger charge is -2.38. The van der Waals surface area contributed by atoms with Gasteiger partial charge in [-0.3, -0.25) is 0 Å². The van der Waals surface area contributed by atoms with Gasteiger partial charge in [0.2, 0.25) is 5.88 Å². The van der Waals surface area contributed by atoms with Gasteiger partial charge in [0.1, 0.15) is 0 Å². The minimum Gasteiger partial charge on any atom is -0.481 e. The molecule has 1 fully saturated rings. The van der Waals surface area contributed by atoms with Crippen molar-refractivity contribution in [1.82, 2.24) is 10.3 Å². The van der Waals surface area contributed by atoms with E-state index in [0.29, 0.717) is 11.9 Å². The molecule has 1 aliphatic rings. The van der Waals surface area contributed by atoms with Crippen molar-refractivity contribution in [2.45, 2.75) is 39.3 Å². The Morgan fingerprint density at radius 3 is 2.88 bits per heavy atom. The standard InChI is InChI=1S/C14H22N2O/c1-10(2)12-7-13(8-12)16-9-11-4-5-15-14(6-11)17-3/h4-6,10,12-13,16H,7-9H2,1-3H3. The zero-order valence-electron chi connectivity index (χ0n) is 10.9. The summed E-state index contributed by atoms with van der Waals surface area (Å²) >= 11 is 0. The van der Waals surface area contributed by atoms with Crippen LogP contribution in [0.2, 0.25) is 0 Å². The third kappa shape index (κ3) is 3.19. The van der Waals surface area contributed by atoms with Crippen molar-refractivity contribution >= 4 is 0 Å². The second kappa shape index (κ2) is 5.50. The van der Waals surface area contributed by atoms with Crippen LogP contribution in [0, 0.1) is 11.8 Å². The molecule has 1 aromatic heterocycles. The monoisotopic (exact) mass is 234 g/mol. The smallest absolute Gasteiger partial charge is 0.213 e. The van der Waals surface area contributed by atoms with Gasteiger partial charge in [-0.25, -0.2) is 4.98 Å². The number of ether oxygens (including phenoxy) is 1. The number of hydrogen-bond donors (Lipinski definition) is 1. The van der Waals surface area contributed by atoms with E-state index in [1.807, 2.05) is 12.1 Å². The predicted molar refractivity (Wildman–Crippen MR) is 69.0 cm³/mol. The third-order valence-corrected chi connectivity index (χ3v) is 3.72. The Morgan fingerprint density at radius 2 is 2.24 bits per heavy atom. The molecule has 1 heterocycles. The lowest BCUT2D eigenvalue weighted by Crippen LogP contribution is -2.42. The number of hydrogen-bond acceptors (Lipinski definition) is 3. The second-order valence-electron chi connectivity index (χ2n) is 5.26. The maximum atomic E-state index is 5.11. The number of nitrogens with one attached hydrogen (secondary N) is 1. The van der Waals surface area contributed by atoms with Gasteiger partial charge in [0.25, 0.3) is 0 Å². The van der Waals surface area contributed by atoms with Crippen LogP contribution < -0.4 is 10.1 Å². The molecule has 0 amide bonds. The highest BCUT2D eigenvalue weighted by atomic mass is 16.5. The van der Waals surface area contributed by atoms with Crippen LogP contribution in [-0.2, 0) is 6.54 Å². The molecule has 2 rings (SSSR count). The van der Waals surface area contributed by atoms with Crippen molar-refractivity contribution in [3.05, 3.63) is 23.9 Å². The molecule has 3 heteroatoms. The molecule has 0 bridgehead atoms. The van der Waals surface area contributed by atoms with Gasteiger partial charge in [0.15, 0.2) is 0 Å². The third-order valence-electron chi connectivity index (χ3n) is 3.72. The van der Waals surface area contributed by atoms with Crippen LogP contribution in [0.5, 0.6) is 5.88 Å². The molecular weight excluding hydrogens is 212 g/mol. The zero-order chi connectivity index (χ0) is 12.3. The molecular formula is C14H22N2O. The molecule has 1 aromatic rings. The number of nitrogens with zero attached hydrogens (tertiary/aromatic N) is 1. The normalized spacial score (nSPS) is 23.5. The van der Waals surface area contributed by atoms with Crippen LogP contribution in [-0.4, -0.2) is 18.1 Å². The maximum absolute atomic E-state index is 5.11. The molecule has 0 aliphatic heterocycles. The van der Waals surface area contributed by atoms with Crippen molar-refractivity contribution in [3.63, 3.8) is 0 Å². The summed E-state index contributed by atoms with van der Waals surface area (Å²) in [6.45, 7) is 5.54. The van der Waals surface area contributed by atoms with Crippen LogP contribution >= 0.6 is 0 Å². The summed E-state index contributed by atoms with van der Waals surface area (Å²) in [4.78, 5) is 4.10. The zero-order valence-corrected chi connectivity index (χ0v) is 10.9. The fourth-order valence-corrected chi connectivity index (χ4v) is 2.31. The van der Waals surface area contributed by atoms with Gasteiger partial charge in [0, 0.05) is 24.8 Å². The van der Waals surface area contributed by atoms with Gasteiger partial charge in [-0.15, -0.1) is 0 Å². The number of pyridine rings is 1. The molecule has 3 nitrogen and oxygen atoms in total. The first-order valence-electron chi connectivity index (χ1n) is 6.41. The Morgan fingerprint density at radius 1 is 1.47 bits per heavy atom. The van der Waals surface area contributed by atoms with E-state index in [0.717, 1.165) is 18.4 Å². The highest BCUT2D eigenvalue weighted by Crippen LogP contribution is 2.33. The van der Waals surface area contributed by atoms with Gasteiger partial charge in [-0.1, -0.05) is 13.8 Å². The SMILES string of the molecule is COc1cc(CNC2CC(C(C)C)C2)ccn1. The molecule has 1 saturated carbocycles. The number of aromatic nitrogens is 1. The van der Waals surface area contributed by atoms with Crippen molar-refractivity contribution in [2.75, 3.05) is 7.11 Å². The lowest BCUT2D eigenvalue weighted by molar-refractivity contribution is 0.167. The minimum atomic E-state index is 0.693. The van der Waals surface area contributed by atoms with E-state index < -0.39 is 0 Å². The summed E-state index contributed by atoms with van der Waals surface area (Å²) < 4.78 is 5.11. The summed E-state index contributed by atoms with van der Waals surface area (Å²) in [5.41, 5.74) is 1.24. The molecule has 94 valence electrons. The summed E-state index contributed by atoms with van der Waals surface area (Å²) in [5.74, 6) is 2.44. The minimum absolute atomic E-state index is 0.693. The average molecular weight is 234 g/mol. The van der Waals surface area contributed by atoms with Gasteiger partial charge in [-0.05, 0) is 36.3 Å². The highest BCUT2D eigenvalue weighted by Gasteiger charge is 2.30. The van der Waals surface area contributed by atoms with Gasteiger partial charge < -0.3 is 10.1 Å². The van der Waals surface area contributed by atoms with Crippen LogP contribution in [0.25, 0.3) is 0 Å². The van der Waals surface area contributed by atoms with Gasteiger partial charge in [-0.2, -0.15) is 0 Å². The molecule has 0 radical (unpaired) electrons. The molecule has 0 atom stereocenters. The van der Waals surface area contributed by atoms with E-state index in [1.165, 1.54) is 18.4 Å². The summed E-state index contributed by atoms with van der Waals surface area (Å²) in [7, 11) is 1.65. The Labute approximate surface area is 104 Å². The Balaban J connectivity index is 1.75. The predicted octanol–water partition coefficient (Wildman–Crippen LogP) is 2.61. The molecule has 1 aliphatic carbocycles. The summed E-state index contributed by atoms with van der Waals surface area (Å²) in [6, 6.07) is 4.72. The van der Waals surface area contributed by atoms with E-state index in [2.05, 4.69) is 24.1 Å². The molecule has 0 unspecified atom stereocenters. The topological polar surface area (TPSA) is 34.1 Å². The maximum Gasteiger partial charge on any atom is 0.213 e. The summed E-state index contributed by atoms with van der Waals surface area (Å²) in [5, 5.41) is 3.59. The first-order chi connectivity index (χ1) is 8.19. The fraction of sp³-hybridized carbons (Fsp3) is 0.643. The second-order valence-corrected chi connectivity index (χ2v) is 5.26. The van der Waals surface area contributed by atoms with E-state index in [1.54, 1.807) is 13.3 Å². The number of methoxy groups -OCH3 is 1. The van der Waals surface area contributed by atoms with Crippen molar-refractivity contribution in [1.29, 1.82) is 0 Å². The first kappa shape index (κ1) is 12.4. The van der Waals surface area contributed by atoms with Crippen LogP contribution in [0.3, 0.4) is 0 Å². The van der Waals surface area contributed by atoms with Crippen LogP contribution in [0.1, 0.15) is 32.3 Å². The Kier molecular flexibility index (Phi) is 4.00. The summed E-state index contributed by atoms with van der Waals surface area (Å²) in [6.07, 6.45) is 4.44.